The van der Waals surface area contributed by atoms with Gasteiger partial charge in [-0.25, -0.2) is 5.43 Å². The molecule has 0 saturated heterocycles. The van der Waals surface area contributed by atoms with Crippen LogP contribution in [0, 0.1) is 0 Å². The summed E-state index contributed by atoms with van der Waals surface area (Å²) in [6.45, 7) is 3.72. The van der Waals surface area contributed by atoms with Crippen LogP contribution in [0.25, 0.3) is 0 Å². The Balaban J connectivity index is 2.09. The van der Waals surface area contributed by atoms with Crippen molar-refractivity contribution in [1.29, 1.82) is 0 Å². The normalized spacial score (nSPS) is 11.9. The molecule has 2 aromatic rings. The van der Waals surface area contributed by atoms with Gasteiger partial charge < -0.3 is 10.6 Å². The highest BCUT2D eigenvalue weighted by molar-refractivity contribution is 6.35. The Hall–Kier alpha value is -2.57. The average molecular weight is 407 g/mol. The second-order valence-electron chi connectivity index (χ2n) is 5.85. The van der Waals surface area contributed by atoms with E-state index < -0.39 is 11.8 Å². The Labute approximate surface area is 167 Å². The molecule has 0 aromatic heterocycles. The molecule has 2 aromatic carbocycles. The summed E-state index contributed by atoms with van der Waals surface area (Å²) in [6, 6.07) is 12.3. The van der Waals surface area contributed by atoms with Gasteiger partial charge in [-0.15, -0.1) is 0 Å². The van der Waals surface area contributed by atoms with Crippen LogP contribution in [0.4, 0.5) is 11.4 Å². The third kappa shape index (κ3) is 6.58. The largest absolute Gasteiger partial charge is 0.355 e. The summed E-state index contributed by atoms with van der Waals surface area (Å²) in [5, 5.41) is 10.7. The van der Waals surface area contributed by atoms with Crippen LogP contribution >= 0.6 is 23.2 Å². The third-order valence-corrected chi connectivity index (χ3v) is 4.15. The second kappa shape index (κ2) is 9.94. The molecule has 0 spiro atoms. The standard InChI is InChI=1S/C19H20Cl2N4O2/c1-3-12(2)23-18(26)19(27)25-22-11-13-9-15(21)7-8-17(13)24-16-6-4-5-14(20)10-16/h4-12,24H,3H2,1-2H3,(H,23,26)(H,25,27)/b22-11-/t12-/m1/s1. The van der Waals surface area contributed by atoms with E-state index in [-0.39, 0.29) is 6.04 Å². The molecule has 142 valence electrons. The van der Waals surface area contributed by atoms with E-state index in [0.29, 0.717) is 21.3 Å². The van der Waals surface area contributed by atoms with Crippen molar-refractivity contribution in [1.82, 2.24) is 10.7 Å². The first-order valence-electron chi connectivity index (χ1n) is 8.35. The molecule has 0 aliphatic carbocycles. The van der Waals surface area contributed by atoms with Crippen LogP contribution in [-0.4, -0.2) is 24.1 Å². The van der Waals surface area contributed by atoms with Crippen molar-refractivity contribution in [2.24, 2.45) is 5.10 Å². The Morgan fingerprint density at radius 2 is 1.85 bits per heavy atom. The van der Waals surface area contributed by atoms with Crippen LogP contribution in [0.1, 0.15) is 25.8 Å². The van der Waals surface area contributed by atoms with Gasteiger partial charge in [0.25, 0.3) is 0 Å². The summed E-state index contributed by atoms with van der Waals surface area (Å²) in [4.78, 5) is 23.5. The molecule has 0 radical (unpaired) electrons. The Bertz CT molecular complexity index is 855. The zero-order chi connectivity index (χ0) is 19.8. The van der Waals surface area contributed by atoms with Gasteiger partial charge in [-0.2, -0.15) is 5.10 Å². The quantitative estimate of drug-likeness (QED) is 0.383. The second-order valence-corrected chi connectivity index (χ2v) is 6.72. The number of amides is 2. The van der Waals surface area contributed by atoms with E-state index in [0.717, 1.165) is 12.1 Å². The van der Waals surface area contributed by atoms with Crippen LogP contribution in [0.5, 0.6) is 0 Å². The minimum atomic E-state index is -0.835. The fourth-order valence-corrected chi connectivity index (χ4v) is 2.45. The highest BCUT2D eigenvalue weighted by atomic mass is 35.5. The number of anilines is 2. The number of hydrogen-bond donors (Lipinski definition) is 3. The van der Waals surface area contributed by atoms with Gasteiger partial charge in [-0.3, -0.25) is 9.59 Å². The van der Waals surface area contributed by atoms with Gasteiger partial charge >= 0.3 is 11.8 Å². The first-order chi connectivity index (χ1) is 12.9. The topological polar surface area (TPSA) is 82.6 Å². The molecule has 3 N–H and O–H groups in total. The lowest BCUT2D eigenvalue weighted by atomic mass is 10.2. The monoisotopic (exact) mass is 406 g/mol. The zero-order valence-electron chi connectivity index (χ0n) is 14.9. The van der Waals surface area contributed by atoms with E-state index in [9.17, 15) is 9.59 Å². The maximum atomic E-state index is 11.8. The average Bonchev–Trinajstić information content (AvgIpc) is 2.63. The predicted octanol–water partition coefficient (Wildman–Crippen LogP) is 4.10. The summed E-state index contributed by atoms with van der Waals surface area (Å²) in [7, 11) is 0. The van der Waals surface area contributed by atoms with Crippen molar-refractivity contribution in [3.8, 4) is 0 Å². The molecular formula is C19H20Cl2N4O2. The number of rotatable bonds is 6. The molecular weight excluding hydrogens is 387 g/mol. The van der Waals surface area contributed by atoms with E-state index in [1.165, 1.54) is 6.21 Å². The number of hydrazone groups is 1. The van der Waals surface area contributed by atoms with Gasteiger partial charge in [0, 0.05) is 33.0 Å². The Morgan fingerprint density at radius 3 is 2.56 bits per heavy atom. The SMILES string of the molecule is CC[C@@H](C)NC(=O)C(=O)N/N=C\c1cc(Cl)ccc1Nc1cccc(Cl)c1. The van der Waals surface area contributed by atoms with E-state index in [2.05, 4.69) is 21.2 Å². The summed E-state index contributed by atoms with van der Waals surface area (Å²) in [6.07, 6.45) is 2.14. The first-order valence-corrected chi connectivity index (χ1v) is 9.10. The minimum absolute atomic E-state index is 0.0892. The maximum absolute atomic E-state index is 11.8. The Morgan fingerprint density at radius 1 is 1.11 bits per heavy atom. The summed E-state index contributed by atoms with van der Waals surface area (Å²) < 4.78 is 0. The van der Waals surface area contributed by atoms with Crippen molar-refractivity contribution in [2.45, 2.75) is 26.3 Å². The molecule has 0 unspecified atom stereocenters. The van der Waals surface area contributed by atoms with Gasteiger partial charge in [0.15, 0.2) is 0 Å². The lowest BCUT2D eigenvalue weighted by molar-refractivity contribution is -0.139. The fraction of sp³-hybridized carbons (Fsp3) is 0.211. The minimum Gasteiger partial charge on any atom is -0.355 e. The van der Waals surface area contributed by atoms with Crippen LogP contribution in [0.3, 0.4) is 0 Å². The number of hydrogen-bond acceptors (Lipinski definition) is 4. The van der Waals surface area contributed by atoms with Crippen LogP contribution in [0.2, 0.25) is 10.0 Å². The third-order valence-electron chi connectivity index (χ3n) is 3.68. The van der Waals surface area contributed by atoms with Crippen molar-refractivity contribution in [2.75, 3.05) is 5.32 Å². The number of nitrogens with one attached hydrogen (secondary N) is 3. The molecule has 0 fully saturated rings. The van der Waals surface area contributed by atoms with E-state index in [4.69, 9.17) is 23.2 Å². The maximum Gasteiger partial charge on any atom is 0.329 e. The molecule has 6 nitrogen and oxygen atoms in total. The molecule has 27 heavy (non-hydrogen) atoms. The van der Waals surface area contributed by atoms with Crippen molar-refractivity contribution >= 4 is 52.6 Å². The van der Waals surface area contributed by atoms with Crippen LogP contribution in [-0.2, 0) is 9.59 Å². The lowest BCUT2D eigenvalue weighted by Crippen LogP contribution is -2.41. The highest BCUT2D eigenvalue weighted by Crippen LogP contribution is 2.24. The summed E-state index contributed by atoms with van der Waals surface area (Å²) in [5.41, 5.74) is 4.34. The van der Waals surface area contributed by atoms with Crippen molar-refractivity contribution < 1.29 is 9.59 Å². The number of carbonyl (C=O) groups excluding carboxylic acids is 2. The zero-order valence-corrected chi connectivity index (χ0v) is 16.4. The summed E-state index contributed by atoms with van der Waals surface area (Å²) >= 11 is 12.0. The van der Waals surface area contributed by atoms with Crippen LogP contribution in [0.15, 0.2) is 47.6 Å². The number of nitrogens with zero attached hydrogens (tertiary/aromatic N) is 1. The van der Waals surface area contributed by atoms with Gasteiger partial charge in [-0.1, -0.05) is 36.2 Å². The molecule has 1 atom stereocenters. The van der Waals surface area contributed by atoms with Gasteiger partial charge in [0.05, 0.1) is 6.21 Å². The lowest BCUT2D eigenvalue weighted by Gasteiger charge is -2.11. The molecule has 2 amide bonds. The molecule has 8 heteroatoms. The Kier molecular flexibility index (Phi) is 7.64. The van der Waals surface area contributed by atoms with Crippen LogP contribution < -0.4 is 16.1 Å². The summed E-state index contributed by atoms with van der Waals surface area (Å²) in [5.74, 6) is -1.57. The number of carbonyl (C=O) groups is 2. The van der Waals surface area contributed by atoms with E-state index >= 15 is 0 Å². The van der Waals surface area contributed by atoms with Crippen molar-refractivity contribution in [3.63, 3.8) is 0 Å². The molecule has 2 rings (SSSR count). The van der Waals surface area contributed by atoms with Gasteiger partial charge in [0.1, 0.15) is 0 Å². The fourth-order valence-electron chi connectivity index (χ4n) is 2.08. The molecule has 0 aliphatic heterocycles. The number of benzene rings is 2. The van der Waals surface area contributed by atoms with E-state index in [1.54, 1.807) is 30.3 Å². The van der Waals surface area contributed by atoms with Crippen molar-refractivity contribution in [3.05, 3.63) is 58.1 Å². The molecule has 0 heterocycles. The van der Waals surface area contributed by atoms with Gasteiger partial charge in [-0.05, 0) is 49.7 Å². The smallest absolute Gasteiger partial charge is 0.329 e. The first kappa shape index (κ1) is 20.7. The predicted molar refractivity (Wildman–Crippen MR) is 110 cm³/mol. The van der Waals surface area contributed by atoms with E-state index in [1.807, 2.05) is 26.0 Å². The molecule has 0 aliphatic rings. The molecule has 0 bridgehead atoms. The molecule has 0 saturated carbocycles. The number of halogens is 2. The highest BCUT2D eigenvalue weighted by Gasteiger charge is 2.14. The van der Waals surface area contributed by atoms with Gasteiger partial charge in [0.2, 0.25) is 0 Å².